The number of aryl methyl sites for hydroxylation is 1. The van der Waals surface area contributed by atoms with Crippen LogP contribution in [0.2, 0.25) is 0 Å². The highest BCUT2D eigenvalue weighted by Gasteiger charge is 2.13. The van der Waals surface area contributed by atoms with Crippen molar-refractivity contribution in [2.24, 2.45) is 0 Å². The molecule has 1 heterocycles. The second kappa shape index (κ2) is 4.14. The summed E-state index contributed by atoms with van der Waals surface area (Å²) in [6.45, 7) is 1.80. The van der Waals surface area contributed by atoms with Gasteiger partial charge in [-0.1, -0.05) is 0 Å². The third kappa shape index (κ3) is 2.02. The summed E-state index contributed by atoms with van der Waals surface area (Å²) in [6.07, 6.45) is 0. The number of carbonyl (C=O) groups excluding carboxylic acids is 1. The van der Waals surface area contributed by atoms with Crippen LogP contribution < -0.4 is 5.73 Å². The van der Waals surface area contributed by atoms with Gasteiger partial charge in [0.05, 0.1) is 0 Å². The number of rotatable bonds is 2. The Labute approximate surface area is 101 Å². The number of nitrogens with two attached hydrogens (primary N) is 1. The third-order valence-corrected chi connectivity index (χ3v) is 2.94. The predicted molar refractivity (Wildman–Crippen MR) is 65.4 cm³/mol. The van der Waals surface area contributed by atoms with E-state index in [1.54, 1.807) is 37.3 Å². The summed E-state index contributed by atoms with van der Waals surface area (Å²) in [5.41, 5.74) is 6.77. The number of carbonyl (C=O) groups is 1. The topological polar surface area (TPSA) is 56.2 Å². The van der Waals surface area contributed by atoms with E-state index < -0.39 is 0 Å². The molecule has 2 rings (SSSR count). The molecule has 0 aliphatic rings. The van der Waals surface area contributed by atoms with Crippen LogP contribution in [-0.4, -0.2) is 5.78 Å². The standard InChI is InChI=1S/C12H10BrNO2/c1-7-2-5-11(16-7)12(15)8-3-4-9(13)10(14)6-8/h2-6H,14H2,1H3. The van der Waals surface area contributed by atoms with Gasteiger partial charge in [-0.05, 0) is 53.2 Å². The maximum atomic E-state index is 12.0. The van der Waals surface area contributed by atoms with Crippen LogP contribution in [0, 0.1) is 6.92 Å². The quantitative estimate of drug-likeness (QED) is 0.679. The number of halogens is 1. The number of ketones is 1. The highest BCUT2D eigenvalue weighted by atomic mass is 79.9. The SMILES string of the molecule is Cc1ccc(C(=O)c2ccc(Br)c(N)c2)o1. The minimum absolute atomic E-state index is 0.160. The van der Waals surface area contributed by atoms with Crippen molar-refractivity contribution in [3.05, 3.63) is 51.9 Å². The van der Waals surface area contributed by atoms with E-state index in [4.69, 9.17) is 10.2 Å². The highest BCUT2D eigenvalue weighted by Crippen LogP contribution is 2.22. The van der Waals surface area contributed by atoms with Crippen LogP contribution in [0.25, 0.3) is 0 Å². The second-order valence-corrected chi connectivity index (χ2v) is 4.33. The fourth-order valence-corrected chi connectivity index (χ4v) is 1.63. The van der Waals surface area contributed by atoms with Gasteiger partial charge in [0.25, 0.3) is 0 Å². The molecular formula is C12H10BrNO2. The normalized spacial score (nSPS) is 10.4. The molecule has 0 atom stereocenters. The molecule has 0 unspecified atom stereocenters. The Morgan fingerprint density at radius 3 is 2.62 bits per heavy atom. The molecule has 0 radical (unpaired) electrons. The Morgan fingerprint density at radius 2 is 2.06 bits per heavy atom. The van der Waals surface area contributed by atoms with E-state index in [2.05, 4.69) is 15.9 Å². The largest absolute Gasteiger partial charge is 0.458 e. The van der Waals surface area contributed by atoms with Crippen molar-refractivity contribution in [1.29, 1.82) is 0 Å². The minimum atomic E-state index is -0.160. The lowest BCUT2D eigenvalue weighted by Gasteiger charge is -2.01. The molecule has 82 valence electrons. The van der Waals surface area contributed by atoms with Gasteiger partial charge in [0.2, 0.25) is 5.78 Å². The summed E-state index contributed by atoms with van der Waals surface area (Å²) >= 11 is 3.28. The fraction of sp³-hybridized carbons (Fsp3) is 0.0833. The molecule has 1 aromatic carbocycles. The predicted octanol–water partition coefficient (Wildman–Crippen LogP) is 3.16. The first-order valence-corrected chi connectivity index (χ1v) is 5.53. The van der Waals surface area contributed by atoms with Gasteiger partial charge in [-0.25, -0.2) is 0 Å². The molecule has 0 spiro atoms. The molecule has 0 bridgehead atoms. The van der Waals surface area contributed by atoms with Crippen LogP contribution in [0.3, 0.4) is 0 Å². The van der Waals surface area contributed by atoms with Crippen LogP contribution in [-0.2, 0) is 0 Å². The van der Waals surface area contributed by atoms with Crippen LogP contribution >= 0.6 is 15.9 Å². The lowest BCUT2D eigenvalue weighted by molar-refractivity contribution is 0.101. The average Bonchev–Trinajstić information content (AvgIpc) is 2.68. The Kier molecular flexibility index (Phi) is 2.83. The van der Waals surface area contributed by atoms with E-state index in [1.807, 2.05) is 0 Å². The molecule has 0 aliphatic carbocycles. The molecule has 2 aromatic rings. The van der Waals surface area contributed by atoms with E-state index in [0.29, 0.717) is 22.8 Å². The van der Waals surface area contributed by atoms with E-state index in [-0.39, 0.29) is 5.78 Å². The van der Waals surface area contributed by atoms with E-state index >= 15 is 0 Å². The first-order valence-electron chi connectivity index (χ1n) is 4.74. The smallest absolute Gasteiger partial charge is 0.228 e. The number of benzene rings is 1. The fourth-order valence-electron chi connectivity index (χ4n) is 1.38. The molecule has 0 aliphatic heterocycles. The van der Waals surface area contributed by atoms with Gasteiger partial charge in [0, 0.05) is 15.7 Å². The lowest BCUT2D eigenvalue weighted by Crippen LogP contribution is -2.00. The van der Waals surface area contributed by atoms with Crippen LogP contribution in [0.15, 0.2) is 39.2 Å². The van der Waals surface area contributed by atoms with Gasteiger partial charge in [0.15, 0.2) is 5.76 Å². The summed E-state index contributed by atoms with van der Waals surface area (Å²) in [6, 6.07) is 8.51. The van der Waals surface area contributed by atoms with Gasteiger partial charge in [-0.3, -0.25) is 4.79 Å². The van der Waals surface area contributed by atoms with Crippen molar-refractivity contribution in [1.82, 2.24) is 0 Å². The van der Waals surface area contributed by atoms with Crippen LogP contribution in [0.5, 0.6) is 0 Å². The average molecular weight is 280 g/mol. The summed E-state index contributed by atoms with van der Waals surface area (Å²) in [4.78, 5) is 12.0. The number of anilines is 1. The number of nitrogen functional groups attached to an aromatic ring is 1. The van der Waals surface area contributed by atoms with Gasteiger partial charge < -0.3 is 10.2 Å². The first-order chi connectivity index (χ1) is 7.58. The zero-order valence-electron chi connectivity index (χ0n) is 8.66. The number of furan rings is 1. The highest BCUT2D eigenvalue weighted by molar-refractivity contribution is 9.10. The number of hydrogen-bond acceptors (Lipinski definition) is 3. The maximum Gasteiger partial charge on any atom is 0.228 e. The summed E-state index contributed by atoms with van der Waals surface area (Å²) in [7, 11) is 0. The lowest BCUT2D eigenvalue weighted by atomic mass is 10.1. The first kappa shape index (κ1) is 11.0. The Hall–Kier alpha value is -1.55. The Bertz CT molecular complexity index is 546. The zero-order valence-corrected chi connectivity index (χ0v) is 10.2. The van der Waals surface area contributed by atoms with E-state index in [9.17, 15) is 4.79 Å². The summed E-state index contributed by atoms with van der Waals surface area (Å²) in [5.74, 6) is 0.889. The molecule has 0 saturated carbocycles. The molecule has 2 N–H and O–H groups in total. The van der Waals surface area contributed by atoms with Crippen LogP contribution in [0.1, 0.15) is 21.9 Å². The maximum absolute atomic E-state index is 12.0. The molecular weight excluding hydrogens is 270 g/mol. The monoisotopic (exact) mass is 279 g/mol. The molecule has 1 aromatic heterocycles. The minimum Gasteiger partial charge on any atom is -0.458 e. The van der Waals surface area contributed by atoms with Gasteiger partial charge in [0.1, 0.15) is 5.76 Å². The Balaban J connectivity index is 2.38. The van der Waals surface area contributed by atoms with E-state index in [0.717, 1.165) is 4.47 Å². The Morgan fingerprint density at radius 1 is 1.31 bits per heavy atom. The number of hydrogen-bond donors (Lipinski definition) is 1. The zero-order chi connectivity index (χ0) is 11.7. The van der Waals surface area contributed by atoms with Crippen molar-refractivity contribution < 1.29 is 9.21 Å². The molecule has 0 amide bonds. The van der Waals surface area contributed by atoms with Gasteiger partial charge in [-0.15, -0.1) is 0 Å². The van der Waals surface area contributed by atoms with Crippen molar-refractivity contribution in [2.45, 2.75) is 6.92 Å². The van der Waals surface area contributed by atoms with Gasteiger partial charge >= 0.3 is 0 Å². The van der Waals surface area contributed by atoms with Crippen molar-refractivity contribution >= 4 is 27.4 Å². The van der Waals surface area contributed by atoms with E-state index in [1.165, 1.54) is 0 Å². The van der Waals surface area contributed by atoms with Crippen molar-refractivity contribution in [3.8, 4) is 0 Å². The summed E-state index contributed by atoms with van der Waals surface area (Å²) < 4.78 is 6.05. The molecule has 3 nitrogen and oxygen atoms in total. The molecule has 0 fully saturated rings. The van der Waals surface area contributed by atoms with Crippen molar-refractivity contribution in [3.63, 3.8) is 0 Å². The third-order valence-electron chi connectivity index (χ3n) is 2.22. The van der Waals surface area contributed by atoms with Crippen molar-refractivity contribution in [2.75, 3.05) is 5.73 Å². The molecule has 4 heteroatoms. The second-order valence-electron chi connectivity index (χ2n) is 3.48. The molecule has 0 saturated heterocycles. The van der Waals surface area contributed by atoms with Crippen LogP contribution in [0.4, 0.5) is 5.69 Å². The molecule has 16 heavy (non-hydrogen) atoms. The summed E-state index contributed by atoms with van der Waals surface area (Å²) in [5, 5.41) is 0. The van der Waals surface area contributed by atoms with Gasteiger partial charge in [-0.2, -0.15) is 0 Å².